The molecule has 3 N–H and O–H groups in total. The third-order valence-electron chi connectivity index (χ3n) is 6.12. The lowest BCUT2D eigenvalue weighted by atomic mass is 9.80. The van der Waals surface area contributed by atoms with Crippen molar-refractivity contribution >= 4 is 67.6 Å². The van der Waals surface area contributed by atoms with Crippen LogP contribution in [0.3, 0.4) is 0 Å². The summed E-state index contributed by atoms with van der Waals surface area (Å²) in [4.78, 5) is 2.06. The van der Waals surface area contributed by atoms with Gasteiger partial charge in [0.25, 0.3) is 15.1 Å². The summed E-state index contributed by atoms with van der Waals surface area (Å²) in [7, 11) is -5.62. The van der Waals surface area contributed by atoms with Crippen LogP contribution in [0.1, 0.15) is 38.1 Å². The number of nitrogens with zero attached hydrogens (tertiary/aromatic N) is 2. The van der Waals surface area contributed by atoms with Crippen LogP contribution in [0, 0.1) is 0 Å². The summed E-state index contributed by atoms with van der Waals surface area (Å²) in [5, 5.41) is 20.9. The van der Waals surface area contributed by atoms with Crippen LogP contribution in [0.25, 0.3) is 16.3 Å². The summed E-state index contributed by atoms with van der Waals surface area (Å²) in [5.41, 5.74) is 3.14. The Labute approximate surface area is 226 Å². The van der Waals surface area contributed by atoms with E-state index in [1.54, 1.807) is 29.5 Å². The first kappa shape index (κ1) is 27.6. The van der Waals surface area contributed by atoms with Crippen molar-refractivity contribution in [2.75, 3.05) is 17.2 Å². The number of aryl methyl sites for hydroxylation is 1. The maximum absolute atomic E-state index is 11.1. The topological polar surface area (TPSA) is 111 Å². The minimum atomic E-state index is -4.02. The fraction of sp³-hybridized carbons (Fsp3) is 0.320. The third-order valence-corrected chi connectivity index (χ3v) is 8.27. The van der Waals surface area contributed by atoms with Gasteiger partial charge in [-0.05, 0) is 55.1 Å². The average molecular weight is 564 g/mol. The number of halogens is 1. The zero-order valence-corrected chi connectivity index (χ0v) is 23.0. The molecular formula is C25H29BClN2O6S2+. The molecule has 0 atom stereocenters. The second kappa shape index (κ2) is 11.5. The van der Waals surface area contributed by atoms with Gasteiger partial charge in [0.2, 0.25) is 11.4 Å². The van der Waals surface area contributed by atoms with Crippen molar-refractivity contribution in [2.45, 2.75) is 39.7 Å². The van der Waals surface area contributed by atoms with E-state index in [-0.39, 0.29) is 5.75 Å². The molecule has 3 aromatic rings. The SMILES string of the molecule is CCC(=Cc1sc2ccc(B(O)O)cc2[n+]1CCCCS(=O)(=O)O)C=C1Oc2ccc(Cl)cc2N1CC. The number of ether oxygens (including phenoxy) is 1. The highest BCUT2D eigenvalue weighted by molar-refractivity contribution is 7.85. The molecule has 0 unspecified atom stereocenters. The average Bonchev–Trinajstić information content (AvgIpc) is 3.36. The molecule has 37 heavy (non-hydrogen) atoms. The number of unbranched alkanes of at least 4 members (excludes halogenated alkanes) is 1. The Morgan fingerprint density at radius 3 is 2.65 bits per heavy atom. The van der Waals surface area contributed by atoms with Crippen molar-refractivity contribution in [1.82, 2.24) is 0 Å². The van der Waals surface area contributed by atoms with E-state index in [0.29, 0.717) is 42.3 Å². The van der Waals surface area contributed by atoms with Crippen LogP contribution >= 0.6 is 22.9 Å². The lowest BCUT2D eigenvalue weighted by molar-refractivity contribution is -0.669. The Bertz CT molecular complexity index is 1470. The molecule has 0 radical (unpaired) electrons. The Morgan fingerprint density at radius 1 is 1.19 bits per heavy atom. The molecule has 1 aliphatic heterocycles. The number of allylic oxidation sites excluding steroid dienone is 2. The molecule has 12 heteroatoms. The van der Waals surface area contributed by atoms with Crippen LogP contribution in [0.5, 0.6) is 5.75 Å². The maximum atomic E-state index is 11.1. The molecule has 8 nitrogen and oxygen atoms in total. The Hall–Kier alpha value is -2.41. The second-order valence-corrected chi connectivity index (χ2v) is 11.8. The number of benzene rings is 2. The monoisotopic (exact) mass is 563 g/mol. The van der Waals surface area contributed by atoms with Gasteiger partial charge in [0.15, 0.2) is 12.3 Å². The molecule has 2 aromatic carbocycles. The summed E-state index contributed by atoms with van der Waals surface area (Å²) < 4.78 is 40.5. The zero-order chi connectivity index (χ0) is 26.7. The number of hydrogen-bond donors (Lipinski definition) is 3. The lowest BCUT2D eigenvalue weighted by Crippen LogP contribution is -2.37. The van der Waals surface area contributed by atoms with Crippen molar-refractivity contribution in [3.8, 4) is 5.75 Å². The van der Waals surface area contributed by atoms with E-state index in [1.165, 1.54) is 0 Å². The first-order chi connectivity index (χ1) is 17.6. The molecule has 0 bridgehead atoms. The van der Waals surface area contributed by atoms with Crippen LogP contribution in [0.15, 0.2) is 53.9 Å². The number of aromatic nitrogens is 1. The first-order valence-corrected chi connectivity index (χ1v) is 14.8. The summed E-state index contributed by atoms with van der Waals surface area (Å²) in [6.07, 6.45) is 5.64. The summed E-state index contributed by atoms with van der Waals surface area (Å²) in [6, 6.07) is 10.8. The van der Waals surface area contributed by atoms with Crippen LogP contribution < -0.4 is 19.7 Å². The number of rotatable bonds is 10. The van der Waals surface area contributed by atoms with Gasteiger partial charge in [-0.2, -0.15) is 13.0 Å². The largest absolute Gasteiger partial charge is 0.488 e. The van der Waals surface area contributed by atoms with E-state index in [9.17, 15) is 18.5 Å². The van der Waals surface area contributed by atoms with Crippen molar-refractivity contribution in [2.24, 2.45) is 0 Å². The molecule has 1 aliphatic rings. The Morgan fingerprint density at radius 2 is 1.97 bits per heavy atom. The second-order valence-electron chi connectivity index (χ2n) is 8.70. The summed E-state index contributed by atoms with van der Waals surface area (Å²) >= 11 is 7.76. The van der Waals surface area contributed by atoms with Gasteiger partial charge in [-0.3, -0.25) is 4.55 Å². The van der Waals surface area contributed by atoms with Gasteiger partial charge in [-0.25, -0.2) is 0 Å². The van der Waals surface area contributed by atoms with Crippen LogP contribution in [-0.4, -0.2) is 42.4 Å². The van der Waals surface area contributed by atoms with E-state index >= 15 is 0 Å². The van der Waals surface area contributed by atoms with Gasteiger partial charge in [0.05, 0.1) is 11.4 Å². The number of anilines is 1. The van der Waals surface area contributed by atoms with E-state index < -0.39 is 17.2 Å². The van der Waals surface area contributed by atoms with E-state index in [1.807, 2.05) is 35.8 Å². The highest BCUT2D eigenvalue weighted by atomic mass is 35.5. The fourth-order valence-electron chi connectivity index (χ4n) is 4.24. The molecule has 0 fully saturated rings. The van der Waals surface area contributed by atoms with Gasteiger partial charge in [0, 0.05) is 36.2 Å². The van der Waals surface area contributed by atoms with Gasteiger partial charge < -0.3 is 19.7 Å². The highest BCUT2D eigenvalue weighted by Gasteiger charge is 2.26. The molecule has 0 spiro atoms. The lowest BCUT2D eigenvalue weighted by Gasteiger charge is -2.16. The van der Waals surface area contributed by atoms with Gasteiger partial charge in [0.1, 0.15) is 4.70 Å². The molecule has 2 heterocycles. The summed E-state index contributed by atoms with van der Waals surface area (Å²) in [5.74, 6) is 1.15. The van der Waals surface area contributed by atoms with Gasteiger partial charge in [-0.1, -0.05) is 35.9 Å². The minimum Gasteiger partial charge on any atom is -0.439 e. The molecule has 0 saturated carbocycles. The van der Waals surface area contributed by atoms with Crippen molar-refractivity contribution < 1.29 is 32.3 Å². The summed E-state index contributed by atoms with van der Waals surface area (Å²) in [6.45, 7) is 5.31. The maximum Gasteiger partial charge on any atom is 0.488 e. The Kier molecular flexibility index (Phi) is 8.62. The molecule has 0 amide bonds. The fourth-order valence-corrected chi connectivity index (χ4v) is 6.12. The molecular weight excluding hydrogens is 535 g/mol. The number of hydrogen-bond acceptors (Lipinski definition) is 7. The first-order valence-electron chi connectivity index (χ1n) is 12.0. The van der Waals surface area contributed by atoms with Crippen LogP contribution in [-0.2, 0) is 16.7 Å². The van der Waals surface area contributed by atoms with E-state index in [4.69, 9.17) is 20.9 Å². The molecule has 0 saturated heterocycles. The van der Waals surface area contributed by atoms with Crippen molar-refractivity contribution in [3.63, 3.8) is 0 Å². The standard InChI is InChI=1S/C25H28BClN2O6S2/c1-3-17(13-24-28(4-2)20-16-19(27)8-9-22(20)35-24)14-25-29(11-5-6-12-37(32,33)34)21-15-18(26(30)31)7-10-23(21)36-25/h7-10,13-16,30-31H,3-6,11-12H2,1-2H3/p+1. The third kappa shape index (κ3) is 6.54. The zero-order valence-electron chi connectivity index (χ0n) is 20.6. The molecule has 0 aliphatic carbocycles. The minimum absolute atomic E-state index is 0.303. The Balaban J connectivity index is 1.71. The van der Waals surface area contributed by atoms with Crippen molar-refractivity contribution in [3.05, 3.63) is 64.0 Å². The number of thiazole rings is 1. The normalized spacial score (nSPS) is 14.9. The quantitative estimate of drug-likeness (QED) is 0.149. The van der Waals surface area contributed by atoms with Crippen LogP contribution in [0.4, 0.5) is 5.69 Å². The predicted molar refractivity (Wildman–Crippen MR) is 149 cm³/mol. The number of fused-ring (bicyclic) bond motifs is 2. The smallest absolute Gasteiger partial charge is 0.439 e. The molecule has 4 rings (SSSR count). The molecule has 196 valence electrons. The van der Waals surface area contributed by atoms with Gasteiger partial charge >= 0.3 is 7.12 Å². The highest BCUT2D eigenvalue weighted by Crippen LogP contribution is 2.41. The van der Waals surface area contributed by atoms with Crippen LogP contribution in [0.2, 0.25) is 5.02 Å². The van der Waals surface area contributed by atoms with E-state index in [2.05, 4.69) is 17.9 Å². The van der Waals surface area contributed by atoms with Gasteiger partial charge in [-0.15, -0.1) is 0 Å². The molecule has 1 aromatic heterocycles. The van der Waals surface area contributed by atoms with E-state index in [0.717, 1.165) is 38.7 Å². The predicted octanol–water partition coefficient (Wildman–Crippen LogP) is 3.74. The van der Waals surface area contributed by atoms with Crippen molar-refractivity contribution in [1.29, 1.82) is 0 Å².